The summed E-state index contributed by atoms with van der Waals surface area (Å²) in [4.78, 5) is 10.9. The number of nitrogens with zero attached hydrogens (tertiary/aromatic N) is 1. The first-order valence-electron chi connectivity index (χ1n) is 5.69. The Labute approximate surface area is 120 Å². The molecule has 2 aromatic rings. The third-order valence-corrected chi connectivity index (χ3v) is 3.14. The minimum Gasteiger partial charge on any atom is -0.492 e. The van der Waals surface area contributed by atoms with Crippen molar-refractivity contribution in [2.24, 2.45) is 0 Å². The number of rotatable bonds is 4. The topological polar surface area (TPSA) is 84.4 Å². The summed E-state index contributed by atoms with van der Waals surface area (Å²) >= 11 is 6.10. The van der Waals surface area contributed by atoms with Crippen LogP contribution >= 0.6 is 11.6 Å². The van der Waals surface area contributed by atoms with Gasteiger partial charge in [0.15, 0.2) is 11.5 Å². The van der Waals surface area contributed by atoms with E-state index < -0.39 is 5.97 Å². The molecule has 6 nitrogen and oxygen atoms in total. The molecule has 1 aromatic heterocycles. The monoisotopic (exact) mass is 296 g/mol. The van der Waals surface area contributed by atoms with Crippen LogP contribution in [0.2, 0.25) is 5.02 Å². The summed E-state index contributed by atoms with van der Waals surface area (Å²) in [5.74, 6) is -0.281. The number of ether oxygens (including phenoxy) is 2. The average Bonchev–Trinajstić information content (AvgIpc) is 2.87. The van der Waals surface area contributed by atoms with Gasteiger partial charge in [-0.1, -0.05) is 11.6 Å². The van der Waals surface area contributed by atoms with Crippen LogP contribution in [0.1, 0.15) is 16.1 Å². The van der Waals surface area contributed by atoms with E-state index in [0.717, 1.165) is 5.56 Å². The van der Waals surface area contributed by atoms with E-state index in [1.807, 2.05) is 6.92 Å². The van der Waals surface area contributed by atoms with E-state index >= 15 is 0 Å². The number of aryl methyl sites for hydroxylation is 1. The molecule has 0 spiro atoms. The lowest BCUT2D eigenvalue weighted by atomic mass is 10.0. The molecule has 2 rings (SSSR count). The van der Waals surface area contributed by atoms with Gasteiger partial charge in [-0.3, -0.25) is 5.10 Å². The van der Waals surface area contributed by atoms with Gasteiger partial charge in [0.2, 0.25) is 0 Å². The molecule has 1 heterocycles. The second-order valence-corrected chi connectivity index (χ2v) is 4.50. The molecule has 0 aliphatic rings. The summed E-state index contributed by atoms with van der Waals surface area (Å²) in [6, 6.07) is 3.15. The molecule has 0 saturated carbocycles. The summed E-state index contributed by atoms with van der Waals surface area (Å²) < 4.78 is 10.6. The lowest BCUT2D eigenvalue weighted by Crippen LogP contribution is -1.97. The fraction of sp³-hybridized carbons (Fsp3) is 0.231. The van der Waals surface area contributed by atoms with E-state index in [0.29, 0.717) is 27.8 Å². The molecule has 0 fully saturated rings. The van der Waals surface area contributed by atoms with Gasteiger partial charge in [-0.05, 0) is 24.6 Å². The fourth-order valence-electron chi connectivity index (χ4n) is 1.99. The number of hydrogen-bond donors (Lipinski definition) is 2. The maximum absolute atomic E-state index is 10.9. The van der Waals surface area contributed by atoms with Crippen molar-refractivity contribution in [1.29, 1.82) is 0 Å². The van der Waals surface area contributed by atoms with E-state index in [1.165, 1.54) is 20.3 Å². The highest BCUT2D eigenvalue weighted by atomic mass is 35.5. The highest BCUT2D eigenvalue weighted by Crippen LogP contribution is 2.44. The number of carboxylic acid groups (broad SMARTS) is 1. The number of nitrogens with one attached hydrogen (secondary N) is 1. The first-order valence-corrected chi connectivity index (χ1v) is 6.07. The van der Waals surface area contributed by atoms with Crippen LogP contribution in [0.3, 0.4) is 0 Å². The molecule has 0 radical (unpaired) electrons. The first kappa shape index (κ1) is 14.2. The first-order chi connectivity index (χ1) is 9.49. The van der Waals surface area contributed by atoms with E-state index in [2.05, 4.69) is 10.2 Å². The SMILES string of the molecule is COc1c(Cl)cc(C)c(-c2cc(C(=O)O)[nH]n2)c1OC. The van der Waals surface area contributed by atoms with Gasteiger partial charge in [0.05, 0.1) is 30.5 Å². The molecule has 0 atom stereocenters. The highest BCUT2D eigenvalue weighted by Gasteiger charge is 2.21. The maximum Gasteiger partial charge on any atom is 0.353 e. The van der Waals surface area contributed by atoms with Crippen molar-refractivity contribution in [1.82, 2.24) is 10.2 Å². The van der Waals surface area contributed by atoms with E-state index in [4.69, 9.17) is 26.2 Å². The number of aromatic nitrogens is 2. The predicted octanol–water partition coefficient (Wildman–Crippen LogP) is 2.75. The fourth-order valence-corrected chi connectivity index (χ4v) is 2.32. The number of methoxy groups -OCH3 is 2. The molecule has 106 valence electrons. The quantitative estimate of drug-likeness (QED) is 0.906. The zero-order valence-corrected chi connectivity index (χ0v) is 11.9. The van der Waals surface area contributed by atoms with Crippen molar-refractivity contribution in [3.05, 3.63) is 28.4 Å². The predicted molar refractivity (Wildman–Crippen MR) is 73.8 cm³/mol. The molecule has 0 amide bonds. The van der Waals surface area contributed by atoms with Crippen LogP contribution in [0.25, 0.3) is 11.3 Å². The molecular formula is C13H13ClN2O4. The Kier molecular flexibility index (Phi) is 3.85. The van der Waals surface area contributed by atoms with Crippen LogP contribution in [0.4, 0.5) is 0 Å². The van der Waals surface area contributed by atoms with Gasteiger partial charge in [-0.15, -0.1) is 0 Å². The number of carboxylic acids is 1. The van der Waals surface area contributed by atoms with Crippen LogP contribution in [0, 0.1) is 6.92 Å². The van der Waals surface area contributed by atoms with Crippen LogP contribution in [0.15, 0.2) is 12.1 Å². The highest BCUT2D eigenvalue weighted by molar-refractivity contribution is 6.32. The Balaban J connectivity index is 2.68. The Morgan fingerprint density at radius 2 is 1.95 bits per heavy atom. The zero-order valence-electron chi connectivity index (χ0n) is 11.2. The van der Waals surface area contributed by atoms with Crippen molar-refractivity contribution >= 4 is 17.6 Å². The Bertz CT molecular complexity index is 667. The molecule has 1 aromatic carbocycles. The zero-order chi connectivity index (χ0) is 14.9. The minimum atomic E-state index is -1.08. The molecule has 0 unspecified atom stereocenters. The molecule has 0 bridgehead atoms. The second kappa shape index (κ2) is 5.42. The van der Waals surface area contributed by atoms with Crippen molar-refractivity contribution in [3.63, 3.8) is 0 Å². The molecule has 2 N–H and O–H groups in total. The van der Waals surface area contributed by atoms with E-state index in [9.17, 15) is 4.79 Å². The van der Waals surface area contributed by atoms with Crippen molar-refractivity contribution in [2.75, 3.05) is 14.2 Å². The van der Waals surface area contributed by atoms with Gasteiger partial charge in [0, 0.05) is 0 Å². The third-order valence-electron chi connectivity index (χ3n) is 2.86. The summed E-state index contributed by atoms with van der Waals surface area (Å²) in [6.45, 7) is 1.83. The van der Waals surface area contributed by atoms with Crippen molar-refractivity contribution in [2.45, 2.75) is 6.92 Å². The van der Waals surface area contributed by atoms with Gasteiger partial charge >= 0.3 is 5.97 Å². The number of hydrogen-bond acceptors (Lipinski definition) is 4. The molecule has 20 heavy (non-hydrogen) atoms. The number of benzene rings is 1. The largest absolute Gasteiger partial charge is 0.492 e. The van der Waals surface area contributed by atoms with Gasteiger partial charge < -0.3 is 14.6 Å². The van der Waals surface area contributed by atoms with Gasteiger partial charge in [0.25, 0.3) is 0 Å². The lowest BCUT2D eigenvalue weighted by Gasteiger charge is -2.15. The lowest BCUT2D eigenvalue weighted by molar-refractivity contribution is 0.0690. The second-order valence-electron chi connectivity index (χ2n) is 4.09. The Morgan fingerprint density at radius 1 is 1.30 bits per heavy atom. The number of carbonyl (C=O) groups is 1. The average molecular weight is 297 g/mol. The molecule has 0 aliphatic carbocycles. The number of halogens is 1. The standard InChI is InChI=1S/C13H13ClN2O4/c1-6-4-7(14)11(19-2)12(20-3)10(6)8-5-9(13(17)18)16-15-8/h4-5H,1-3H3,(H,15,16)(H,17,18). The van der Waals surface area contributed by atoms with E-state index in [1.54, 1.807) is 6.07 Å². The summed E-state index contributed by atoms with van der Waals surface area (Å²) in [5, 5.41) is 15.8. The summed E-state index contributed by atoms with van der Waals surface area (Å²) in [5.41, 5.74) is 1.88. The van der Waals surface area contributed by atoms with Crippen LogP contribution < -0.4 is 9.47 Å². The molecule has 7 heteroatoms. The van der Waals surface area contributed by atoms with Gasteiger partial charge in [0.1, 0.15) is 5.69 Å². The van der Waals surface area contributed by atoms with Crippen molar-refractivity contribution < 1.29 is 19.4 Å². The molecular weight excluding hydrogens is 284 g/mol. The maximum atomic E-state index is 10.9. The summed E-state index contributed by atoms with van der Waals surface area (Å²) in [6.07, 6.45) is 0. The normalized spacial score (nSPS) is 10.4. The molecule has 0 saturated heterocycles. The minimum absolute atomic E-state index is 0.00429. The van der Waals surface area contributed by atoms with Crippen LogP contribution in [0.5, 0.6) is 11.5 Å². The van der Waals surface area contributed by atoms with Crippen LogP contribution in [-0.2, 0) is 0 Å². The third kappa shape index (κ3) is 2.30. The van der Waals surface area contributed by atoms with Crippen LogP contribution in [-0.4, -0.2) is 35.5 Å². The van der Waals surface area contributed by atoms with Gasteiger partial charge in [-0.2, -0.15) is 5.10 Å². The van der Waals surface area contributed by atoms with Gasteiger partial charge in [-0.25, -0.2) is 4.79 Å². The number of aromatic carboxylic acids is 1. The van der Waals surface area contributed by atoms with Crippen molar-refractivity contribution in [3.8, 4) is 22.8 Å². The van der Waals surface area contributed by atoms with E-state index in [-0.39, 0.29) is 5.69 Å². The molecule has 0 aliphatic heterocycles. The number of aromatic amines is 1. The number of H-pyrrole nitrogens is 1. The smallest absolute Gasteiger partial charge is 0.353 e. The Morgan fingerprint density at radius 3 is 2.45 bits per heavy atom. The summed E-state index contributed by atoms with van der Waals surface area (Å²) in [7, 11) is 2.97. The Hall–Kier alpha value is -2.21.